The first-order chi connectivity index (χ1) is 9.10. The van der Waals surface area contributed by atoms with Crippen LogP contribution in [0.15, 0.2) is 11.1 Å². The molecule has 1 fully saturated rings. The van der Waals surface area contributed by atoms with Crippen molar-refractivity contribution in [2.75, 3.05) is 12.3 Å². The number of nitrogen functional groups attached to an aromatic ring is 1. The van der Waals surface area contributed by atoms with E-state index in [0.717, 1.165) is 0 Å². The van der Waals surface area contributed by atoms with Crippen molar-refractivity contribution >= 4 is 32.9 Å². The predicted octanol–water partition coefficient (Wildman–Crippen LogP) is -0.188. The minimum atomic E-state index is -0.713. The Morgan fingerprint density at radius 2 is 2.32 bits per heavy atom. The van der Waals surface area contributed by atoms with Gasteiger partial charge < -0.3 is 20.7 Å². The van der Waals surface area contributed by atoms with Crippen LogP contribution in [0.1, 0.15) is 12.6 Å². The number of aromatic nitrogens is 4. The van der Waals surface area contributed by atoms with E-state index in [1.54, 1.807) is 10.9 Å². The molecule has 0 bridgehead atoms. The number of anilines is 1. The lowest BCUT2D eigenvalue weighted by atomic mass is 10.2. The molecule has 1 saturated heterocycles. The standard InChI is InChI=1S/C10H12BrN5O3/c11-10-14-8(12)7-9(15-10)16(3-13-7)6-1-4(18)5(2-17)19-6/h3-6,17-18H,1-2H2,(H2,12,14,15)/t4-,5-,6+/m0/s1. The van der Waals surface area contributed by atoms with Gasteiger partial charge in [0.15, 0.2) is 11.5 Å². The molecule has 8 nitrogen and oxygen atoms in total. The molecule has 0 amide bonds. The summed E-state index contributed by atoms with van der Waals surface area (Å²) in [6, 6.07) is 0. The molecule has 3 atom stereocenters. The highest BCUT2D eigenvalue weighted by Gasteiger charge is 2.35. The van der Waals surface area contributed by atoms with E-state index < -0.39 is 18.4 Å². The van der Waals surface area contributed by atoms with Crippen LogP contribution in [-0.2, 0) is 4.74 Å². The van der Waals surface area contributed by atoms with E-state index in [-0.39, 0.29) is 12.4 Å². The predicted molar refractivity (Wildman–Crippen MR) is 69.1 cm³/mol. The Morgan fingerprint density at radius 3 is 3.00 bits per heavy atom. The van der Waals surface area contributed by atoms with Crippen molar-refractivity contribution in [3.63, 3.8) is 0 Å². The molecule has 1 aliphatic heterocycles. The molecule has 19 heavy (non-hydrogen) atoms. The van der Waals surface area contributed by atoms with Crippen molar-refractivity contribution in [1.82, 2.24) is 19.5 Å². The smallest absolute Gasteiger partial charge is 0.200 e. The molecule has 1 aliphatic rings. The zero-order valence-electron chi connectivity index (χ0n) is 9.77. The van der Waals surface area contributed by atoms with Gasteiger partial charge in [-0.3, -0.25) is 4.57 Å². The molecule has 0 saturated carbocycles. The van der Waals surface area contributed by atoms with Crippen LogP contribution in [0, 0.1) is 0 Å². The van der Waals surface area contributed by atoms with Gasteiger partial charge in [0.1, 0.15) is 17.8 Å². The summed E-state index contributed by atoms with van der Waals surface area (Å²) >= 11 is 3.17. The molecule has 3 rings (SSSR count). The number of nitrogens with zero attached hydrogens (tertiary/aromatic N) is 4. The van der Waals surface area contributed by atoms with Crippen LogP contribution in [0.25, 0.3) is 11.2 Å². The van der Waals surface area contributed by atoms with E-state index in [2.05, 4.69) is 30.9 Å². The van der Waals surface area contributed by atoms with Gasteiger partial charge in [-0.15, -0.1) is 0 Å². The minimum Gasteiger partial charge on any atom is -0.394 e. The van der Waals surface area contributed by atoms with Crippen LogP contribution in [-0.4, -0.2) is 48.5 Å². The number of ether oxygens (including phenoxy) is 1. The van der Waals surface area contributed by atoms with Crippen LogP contribution in [0.3, 0.4) is 0 Å². The fraction of sp³-hybridized carbons (Fsp3) is 0.500. The third-order valence-corrected chi connectivity index (χ3v) is 3.47. The molecular formula is C10H12BrN5O3. The van der Waals surface area contributed by atoms with Gasteiger partial charge in [0.2, 0.25) is 4.73 Å². The Morgan fingerprint density at radius 1 is 1.53 bits per heavy atom. The van der Waals surface area contributed by atoms with E-state index in [9.17, 15) is 5.11 Å². The normalized spacial score (nSPS) is 27.2. The van der Waals surface area contributed by atoms with Crippen LogP contribution in [0.4, 0.5) is 5.82 Å². The maximum absolute atomic E-state index is 9.75. The molecular weight excluding hydrogens is 318 g/mol. The van der Waals surface area contributed by atoms with E-state index in [1.807, 2.05) is 0 Å². The molecule has 2 aromatic rings. The van der Waals surface area contributed by atoms with Crippen molar-refractivity contribution in [2.24, 2.45) is 0 Å². The van der Waals surface area contributed by atoms with E-state index in [1.165, 1.54) is 0 Å². The van der Waals surface area contributed by atoms with Gasteiger partial charge in [0.25, 0.3) is 0 Å². The highest BCUT2D eigenvalue weighted by atomic mass is 79.9. The van der Waals surface area contributed by atoms with Gasteiger partial charge in [-0.1, -0.05) is 0 Å². The highest BCUT2D eigenvalue weighted by Crippen LogP contribution is 2.31. The lowest BCUT2D eigenvalue weighted by molar-refractivity contribution is -0.0432. The number of hydrogen-bond donors (Lipinski definition) is 3. The number of hydrogen-bond acceptors (Lipinski definition) is 7. The Kier molecular flexibility index (Phi) is 3.13. The highest BCUT2D eigenvalue weighted by molar-refractivity contribution is 9.10. The quantitative estimate of drug-likeness (QED) is 0.653. The Hall–Kier alpha value is -1.29. The Balaban J connectivity index is 2.02. The number of nitrogens with two attached hydrogens (primary N) is 1. The summed E-state index contributed by atoms with van der Waals surface area (Å²) in [5.74, 6) is 0.271. The van der Waals surface area contributed by atoms with Gasteiger partial charge in [0, 0.05) is 6.42 Å². The Labute approximate surface area is 116 Å². The van der Waals surface area contributed by atoms with Crippen molar-refractivity contribution < 1.29 is 14.9 Å². The SMILES string of the molecule is Nc1nc(Br)nc2c1ncn2[C@H]1C[C@H](O)[C@H](CO)O1. The van der Waals surface area contributed by atoms with Gasteiger partial charge in [0.05, 0.1) is 19.0 Å². The van der Waals surface area contributed by atoms with Crippen molar-refractivity contribution in [3.8, 4) is 0 Å². The summed E-state index contributed by atoms with van der Waals surface area (Å²) in [6.07, 6.45) is 0.163. The molecule has 3 heterocycles. The summed E-state index contributed by atoms with van der Waals surface area (Å²) in [7, 11) is 0. The van der Waals surface area contributed by atoms with Crippen LogP contribution < -0.4 is 5.73 Å². The second kappa shape index (κ2) is 4.67. The largest absolute Gasteiger partial charge is 0.394 e. The summed E-state index contributed by atoms with van der Waals surface area (Å²) in [4.78, 5) is 12.3. The van der Waals surface area contributed by atoms with Gasteiger partial charge in [-0.2, -0.15) is 0 Å². The average molecular weight is 330 g/mol. The van der Waals surface area contributed by atoms with E-state index >= 15 is 0 Å². The summed E-state index contributed by atoms with van der Waals surface area (Å²) in [5.41, 5.74) is 6.77. The molecule has 4 N–H and O–H groups in total. The maximum Gasteiger partial charge on any atom is 0.200 e. The summed E-state index contributed by atoms with van der Waals surface area (Å²) in [6.45, 7) is -0.231. The van der Waals surface area contributed by atoms with Gasteiger partial charge >= 0.3 is 0 Å². The second-order valence-corrected chi connectivity index (χ2v) is 5.03. The molecule has 9 heteroatoms. The van der Waals surface area contributed by atoms with Crippen LogP contribution in [0.5, 0.6) is 0 Å². The minimum absolute atomic E-state index is 0.231. The molecule has 2 aromatic heterocycles. The number of aliphatic hydroxyl groups excluding tert-OH is 2. The molecule has 0 aromatic carbocycles. The first-order valence-electron chi connectivity index (χ1n) is 5.70. The number of rotatable bonds is 2. The zero-order chi connectivity index (χ0) is 13.6. The molecule has 0 aliphatic carbocycles. The van der Waals surface area contributed by atoms with Crippen molar-refractivity contribution in [3.05, 3.63) is 11.1 Å². The third-order valence-electron chi connectivity index (χ3n) is 3.12. The average Bonchev–Trinajstić information content (AvgIpc) is 2.92. The lowest BCUT2D eigenvalue weighted by Crippen LogP contribution is -2.24. The molecule has 0 unspecified atom stereocenters. The molecule has 0 radical (unpaired) electrons. The van der Waals surface area contributed by atoms with Crippen molar-refractivity contribution in [2.45, 2.75) is 24.9 Å². The van der Waals surface area contributed by atoms with E-state index in [0.29, 0.717) is 22.3 Å². The molecule has 102 valence electrons. The fourth-order valence-corrected chi connectivity index (χ4v) is 2.53. The van der Waals surface area contributed by atoms with Crippen LogP contribution >= 0.6 is 15.9 Å². The number of fused-ring (bicyclic) bond motifs is 1. The Bertz CT molecular complexity index is 618. The summed E-state index contributed by atoms with van der Waals surface area (Å²) < 4.78 is 7.60. The first kappa shape index (κ1) is 12.7. The molecule has 0 spiro atoms. The van der Waals surface area contributed by atoms with Crippen LogP contribution in [0.2, 0.25) is 0 Å². The maximum atomic E-state index is 9.75. The topological polar surface area (TPSA) is 119 Å². The first-order valence-corrected chi connectivity index (χ1v) is 6.49. The van der Waals surface area contributed by atoms with Gasteiger partial charge in [-0.05, 0) is 15.9 Å². The van der Waals surface area contributed by atoms with E-state index in [4.69, 9.17) is 15.6 Å². The summed E-state index contributed by atoms with van der Waals surface area (Å²) in [5, 5.41) is 18.8. The number of halogens is 1. The number of aliphatic hydroxyl groups is 2. The zero-order valence-corrected chi connectivity index (χ0v) is 11.4. The third kappa shape index (κ3) is 2.08. The fourth-order valence-electron chi connectivity index (χ4n) is 2.17. The monoisotopic (exact) mass is 329 g/mol. The lowest BCUT2D eigenvalue weighted by Gasteiger charge is -2.13. The second-order valence-electron chi connectivity index (χ2n) is 4.32. The van der Waals surface area contributed by atoms with Crippen molar-refractivity contribution in [1.29, 1.82) is 0 Å². The number of imidazole rings is 1. The van der Waals surface area contributed by atoms with Gasteiger partial charge in [-0.25, -0.2) is 15.0 Å².